The molecule has 86 valence electrons. The predicted octanol–water partition coefficient (Wildman–Crippen LogP) is 2.36. The summed E-state index contributed by atoms with van der Waals surface area (Å²) in [6.45, 7) is 5.71. The van der Waals surface area contributed by atoms with Gasteiger partial charge in [-0.25, -0.2) is 0 Å². The number of carbonyl (C=O) groups excluding carboxylic acids is 1. The summed E-state index contributed by atoms with van der Waals surface area (Å²) in [5.41, 5.74) is 0. The molecule has 0 spiro atoms. The van der Waals surface area contributed by atoms with Gasteiger partial charge in [0.05, 0.1) is 3.57 Å². The summed E-state index contributed by atoms with van der Waals surface area (Å²) in [6.07, 6.45) is 1.13. The molecule has 0 aromatic heterocycles. The Balaban J connectivity index is 2.57. The molecule has 1 N–H and O–H groups in total. The zero-order valence-corrected chi connectivity index (χ0v) is 11.2. The van der Waals surface area contributed by atoms with Gasteiger partial charge in [0.25, 0.3) is 5.91 Å². The van der Waals surface area contributed by atoms with Crippen LogP contribution in [0.25, 0.3) is 0 Å². The summed E-state index contributed by atoms with van der Waals surface area (Å²) < 4.78 is 6.54. The lowest BCUT2D eigenvalue weighted by atomic mass is 10.3. The number of benzene rings is 1. The summed E-state index contributed by atoms with van der Waals surface area (Å²) in [5.74, 6) is 0.587. The third kappa shape index (κ3) is 3.84. The SMILES string of the molecule is C=CCNC(=O)C(C)Oc1ccccc1I. The molecule has 0 bridgehead atoms. The molecular formula is C12H14INO2. The Labute approximate surface area is 109 Å². The van der Waals surface area contributed by atoms with Gasteiger partial charge in [0.1, 0.15) is 5.75 Å². The molecule has 0 saturated heterocycles. The average molecular weight is 331 g/mol. The van der Waals surface area contributed by atoms with Crippen LogP contribution in [0.5, 0.6) is 5.75 Å². The molecule has 0 saturated carbocycles. The maximum atomic E-state index is 11.5. The van der Waals surface area contributed by atoms with E-state index in [1.165, 1.54) is 0 Å². The van der Waals surface area contributed by atoms with Gasteiger partial charge < -0.3 is 10.1 Å². The van der Waals surface area contributed by atoms with E-state index in [1.54, 1.807) is 13.0 Å². The number of hydrogen-bond acceptors (Lipinski definition) is 2. The van der Waals surface area contributed by atoms with Gasteiger partial charge in [-0.3, -0.25) is 4.79 Å². The lowest BCUT2D eigenvalue weighted by Gasteiger charge is -2.14. The van der Waals surface area contributed by atoms with Crippen molar-refractivity contribution < 1.29 is 9.53 Å². The van der Waals surface area contributed by atoms with E-state index in [4.69, 9.17) is 4.74 Å². The van der Waals surface area contributed by atoms with Crippen molar-refractivity contribution in [2.75, 3.05) is 6.54 Å². The van der Waals surface area contributed by atoms with E-state index < -0.39 is 6.10 Å². The van der Waals surface area contributed by atoms with Gasteiger partial charge in [0, 0.05) is 6.54 Å². The molecule has 1 unspecified atom stereocenters. The maximum absolute atomic E-state index is 11.5. The highest BCUT2D eigenvalue weighted by Crippen LogP contribution is 2.20. The average Bonchev–Trinajstić information content (AvgIpc) is 2.28. The number of nitrogens with one attached hydrogen (secondary N) is 1. The molecule has 1 rings (SSSR count). The van der Waals surface area contributed by atoms with Gasteiger partial charge >= 0.3 is 0 Å². The second kappa shape index (κ2) is 6.52. The van der Waals surface area contributed by atoms with E-state index in [9.17, 15) is 4.79 Å². The molecule has 0 heterocycles. The summed E-state index contributed by atoms with van der Waals surface area (Å²) in [7, 11) is 0. The molecular weight excluding hydrogens is 317 g/mol. The van der Waals surface area contributed by atoms with Gasteiger partial charge in [-0.2, -0.15) is 0 Å². The third-order valence-corrected chi connectivity index (χ3v) is 2.82. The Morgan fingerprint density at radius 3 is 2.94 bits per heavy atom. The second-order valence-electron chi connectivity index (χ2n) is 3.22. The minimum absolute atomic E-state index is 0.139. The lowest BCUT2D eigenvalue weighted by Crippen LogP contribution is -2.36. The summed E-state index contributed by atoms with van der Waals surface area (Å²) in [6, 6.07) is 7.59. The largest absolute Gasteiger partial charge is 0.480 e. The molecule has 0 radical (unpaired) electrons. The minimum Gasteiger partial charge on any atom is -0.480 e. The van der Waals surface area contributed by atoms with Gasteiger partial charge in [-0.1, -0.05) is 18.2 Å². The van der Waals surface area contributed by atoms with Crippen molar-refractivity contribution in [3.05, 3.63) is 40.5 Å². The van der Waals surface area contributed by atoms with E-state index in [0.29, 0.717) is 6.54 Å². The first-order valence-corrected chi connectivity index (χ1v) is 6.03. The molecule has 1 amide bonds. The van der Waals surface area contributed by atoms with Crippen LogP contribution >= 0.6 is 22.6 Å². The van der Waals surface area contributed by atoms with Crippen molar-refractivity contribution in [2.45, 2.75) is 13.0 Å². The second-order valence-corrected chi connectivity index (χ2v) is 4.39. The first-order chi connectivity index (χ1) is 7.65. The van der Waals surface area contributed by atoms with E-state index in [-0.39, 0.29) is 5.91 Å². The molecule has 1 atom stereocenters. The van der Waals surface area contributed by atoms with Crippen molar-refractivity contribution >= 4 is 28.5 Å². The van der Waals surface area contributed by atoms with Crippen molar-refractivity contribution in [1.29, 1.82) is 0 Å². The fourth-order valence-electron chi connectivity index (χ4n) is 1.10. The van der Waals surface area contributed by atoms with Crippen molar-refractivity contribution in [1.82, 2.24) is 5.32 Å². The molecule has 3 nitrogen and oxygen atoms in total. The third-order valence-electron chi connectivity index (χ3n) is 1.93. The Hall–Kier alpha value is -1.04. The van der Waals surface area contributed by atoms with Crippen molar-refractivity contribution in [3.8, 4) is 5.75 Å². The highest BCUT2D eigenvalue weighted by Gasteiger charge is 2.14. The standard InChI is InChI=1S/C12H14INO2/c1-3-8-14-12(15)9(2)16-11-7-5-4-6-10(11)13/h3-7,9H,1,8H2,2H3,(H,14,15). The first kappa shape index (κ1) is 13.0. The van der Waals surface area contributed by atoms with Crippen LogP contribution in [0, 0.1) is 3.57 Å². The van der Waals surface area contributed by atoms with Gasteiger partial charge in [0.2, 0.25) is 0 Å². The Bertz CT molecular complexity index is 379. The summed E-state index contributed by atoms with van der Waals surface area (Å²) >= 11 is 2.17. The monoisotopic (exact) mass is 331 g/mol. The molecule has 4 heteroatoms. The van der Waals surface area contributed by atoms with E-state index in [2.05, 4.69) is 34.5 Å². The van der Waals surface area contributed by atoms with Crippen LogP contribution in [0.1, 0.15) is 6.92 Å². The molecule has 16 heavy (non-hydrogen) atoms. The Kier molecular flexibility index (Phi) is 5.31. The normalized spacial score (nSPS) is 11.6. The smallest absolute Gasteiger partial charge is 0.261 e. The zero-order valence-electron chi connectivity index (χ0n) is 9.07. The number of hydrogen-bond donors (Lipinski definition) is 1. The van der Waals surface area contributed by atoms with Crippen LogP contribution in [0.3, 0.4) is 0 Å². The number of carbonyl (C=O) groups is 1. The lowest BCUT2D eigenvalue weighted by molar-refractivity contribution is -0.127. The minimum atomic E-state index is -0.504. The molecule has 0 aliphatic carbocycles. The Morgan fingerprint density at radius 1 is 1.62 bits per heavy atom. The van der Waals surface area contributed by atoms with Crippen LogP contribution in [-0.2, 0) is 4.79 Å². The van der Waals surface area contributed by atoms with Crippen molar-refractivity contribution in [2.24, 2.45) is 0 Å². The topological polar surface area (TPSA) is 38.3 Å². The summed E-state index contributed by atoms with van der Waals surface area (Å²) in [5, 5.41) is 2.69. The number of rotatable bonds is 5. The maximum Gasteiger partial charge on any atom is 0.261 e. The highest BCUT2D eigenvalue weighted by molar-refractivity contribution is 14.1. The summed E-state index contributed by atoms with van der Waals surface area (Å²) in [4.78, 5) is 11.5. The fraction of sp³-hybridized carbons (Fsp3) is 0.250. The predicted molar refractivity (Wildman–Crippen MR) is 72.5 cm³/mol. The van der Waals surface area contributed by atoms with Crippen LogP contribution < -0.4 is 10.1 Å². The van der Waals surface area contributed by atoms with Crippen LogP contribution in [0.4, 0.5) is 0 Å². The van der Waals surface area contributed by atoms with Gasteiger partial charge in [-0.15, -0.1) is 6.58 Å². The van der Waals surface area contributed by atoms with Gasteiger partial charge in [-0.05, 0) is 41.6 Å². The van der Waals surface area contributed by atoms with Crippen LogP contribution in [0.15, 0.2) is 36.9 Å². The number of para-hydroxylation sites is 1. The number of halogens is 1. The number of amides is 1. The number of ether oxygens (including phenoxy) is 1. The molecule has 0 fully saturated rings. The zero-order chi connectivity index (χ0) is 12.0. The van der Waals surface area contributed by atoms with E-state index >= 15 is 0 Å². The highest BCUT2D eigenvalue weighted by atomic mass is 127. The Morgan fingerprint density at radius 2 is 2.31 bits per heavy atom. The molecule has 1 aromatic rings. The van der Waals surface area contributed by atoms with E-state index in [1.807, 2.05) is 24.3 Å². The molecule has 1 aromatic carbocycles. The fourth-order valence-corrected chi connectivity index (χ4v) is 1.62. The molecule has 0 aliphatic rings. The first-order valence-electron chi connectivity index (χ1n) is 4.95. The van der Waals surface area contributed by atoms with E-state index in [0.717, 1.165) is 9.32 Å². The molecule has 0 aliphatic heterocycles. The van der Waals surface area contributed by atoms with Crippen LogP contribution in [0.2, 0.25) is 0 Å². The van der Waals surface area contributed by atoms with Crippen molar-refractivity contribution in [3.63, 3.8) is 0 Å². The quantitative estimate of drug-likeness (QED) is 0.665. The van der Waals surface area contributed by atoms with Crippen LogP contribution in [-0.4, -0.2) is 18.6 Å². The van der Waals surface area contributed by atoms with Gasteiger partial charge in [0.15, 0.2) is 6.10 Å².